The largest absolute Gasteiger partial charge is 0.496 e. The highest BCUT2D eigenvalue weighted by atomic mass is 19.1. The van der Waals surface area contributed by atoms with Crippen molar-refractivity contribution in [3.63, 3.8) is 0 Å². The highest BCUT2D eigenvalue weighted by Gasteiger charge is 2.30. The lowest BCUT2D eigenvalue weighted by Crippen LogP contribution is -2.18. The van der Waals surface area contributed by atoms with Gasteiger partial charge in [0.15, 0.2) is 0 Å². The average molecular weight is 425 g/mol. The lowest BCUT2D eigenvalue weighted by molar-refractivity contribution is 0.382. The molecule has 0 bridgehead atoms. The Bertz CT molecular complexity index is 1020. The Labute approximate surface area is 185 Å². The molecular formula is C26H33FN2O2. The van der Waals surface area contributed by atoms with Crippen molar-refractivity contribution < 1.29 is 13.9 Å². The van der Waals surface area contributed by atoms with E-state index in [-0.39, 0.29) is 13.2 Å². The van der Waals surface area contributed by atoms with Gasteiger partial charge in [-0.1, -0.05) is 58.0 Å². The molecule has 0 amide bonds. The fraction of sp³-hybridized carbons (Fsp3) is 0.385. The molecular weight excluding hydrogens is 391 g/mol. The Balaban J connectivity index is 0.00000341. The van der Waals surface area contributed by atoms with Crippen LogP contribution in [-0.2, 0) is 18.3 Å². The summed E-state index contributed by atoms with van der Waals surface area (Å²) in [7, 11) is 3.11. The van der Waals surface area contributed by atoms with Gasteiger partial charge in [0.2, 0.25) is 5.88 Å². The van der Waals surface area contributed by atoms with E-state index in [2.05, 4.69) is 41.2 Å². The first-order chi connectivity index (χ1) is 14.3. The van der Waals surface area contributed by atoms with Crippen LogP contribution >= 0.6 is 0 Å². The first-order valence-electron chi connectivity index (χ1n) is 10.1. The molecule has 1 heterocycles. The molecule has 0 N–H and O–H groups in total. The van der Waals surface area contributed by atoms with Crippen molar-refractivity contribution in [3.8, 4) is 22.9 Å². The number of aryl methyl sites for hydroxylation is 3. The van der Waals surface area contributed by atoms with Crippen LogP contribution < -0.4 is 9.47 Å². The number of rotatable bonds is 6. The van der Waals surface area contributed by atoms with Gasteiger partial charge in [0.25, 0.3) is 0 Å². The van der Waals surface area contributed by atoms with Gasteiger partial charge >= 0.3 is 0 Å². The molecule has 0 saturated carbocycles. The molecule has 0 fully saturated rings. The standard InChI is InChI=1S/C25H29FN2O2.CH4/c1-16-7-9-17(10-8-16)11-12-18-15-19(22-24(30-6)28-14-13-27-22)21(26)20(23(18)29-5)25(2,3)4;/h7-10,13-15H,11-12H2,1-6H3;1H4. The number of hydrogen-bond acceptors (Lipinski definition) is 4. The van der Waals surface area contributed by atoms with Crippen molar-refractivity contribution in [2.24, 2.45) is 0 Å². The normalized spacial score (nSPS) is 11.1. The SMILES string of the molecule is C.COc1nccnc1-c1cc(CCc2ccc(C)cc2)c(OC)c(C(C)(C)C)c1F. The monoisotopic (exact) mass is 424 g/mol. The second-order valence-electron chi connectivity index (χ2n) is 8.46. The van der Waals surface area contributed by atoms with E-state index in [1.807, 2.05) is 26.8 Å². The first-order valence-corrected chi connectivity index (χ1v) is 10.1. The third-order valence-electron chi connectivity index (χ3n) is 5.16. The van der Waals surface area contributed by atoms with E-state index in [0.29, 0.717) is 34.9 Å². The van der Waals surface area contributed by atoms with E-state index in [9.17, 15) is 0 Å². The number of hydrogen-bond donors (Lipinski definition) is 0. The van der Waals surface area contributed by atoms with Gasteiger partial charge < -0.3 is 9.47 Å². The van der Waals surface area contributed by atoms with Crippen molar-refractivity contribution in [1.82, 2.24) is 9.97 Å². The van der Waals surface area contributed by atoms with Crippen LogP contribution in [0.5, 0.6) is 11.6 Å². The molecule has 5 heteroatoms. The summed E-state index contributed by atoms with van der Waals surface area (Å²) in [5.41, 5.74) is 4.24. The Morgan fingerprint density at radius 1 is 0.935 bits per heavy atom. The first kappa shape index (κ1) is 24.3. The maximum Gasteiger partial charge on any atom is 0.240 e. The van der Waals surface area contributed by atoms with Crippen LogP contribution in [0.1, 0.15) is 50.5 Å². The molecule has 0 spiro atoms. The predicted octanol–water partition coefficient (Wildman–Crippen LogP) is 6.33. The van der Waals surface area contributed by atoms with E-state index in [1.165, 1.54) is 24.4 Å². The molecule has 2 aromatic carbocycles. The van der Waals surface area contributed by atoms with Crippen molar-refractivity contribution in [3.05, 3.63) is 70.8 Å². The van der Waals surface area contributed by atoms with Crippen molar-refractivity contribution in [2.75, 3.05) is 14.2 Å². The number of aromatic nitrogens is 2. The quantitative estimate of drug-likeness (QED) is 0.464. The summed E-state index contributed by atoms with van der Waals surface area (Å²) in [5, 5.41) is 0. The Morgan fingerprint density at radius 3 is 2.16 bits per heavy atom. The number of nitrogens with zero attached hydrogens (tertiary/aromatic N) is 2. The van der Waals surface area contributed by atoms with E-state index in [4.69, 9.17) is 9.47 Å². The Hall–Kier alpha value is -2.95. The molecule has 1 aromatic heterocycles. The average Bonchev–Trinajstić information content (AvgIpc) is 2.72. The molecule has 31 heavy (non-hydrogen) atoms. The Morgan fingerprint density at radius 2 is 1.58 bits per heavy atom. The maximum atomic E-state index is 15.8. The van der Waals surface area contributed by atoms with E-state index < -0.39 is 5.41 Å². The zero-order chi connectivity index (χ0) is 21.9. The molecule has 4 nitrogen and oxygen atoms in total. The predicted molar refractivity (Wildman–Crippen MR) is 125 cm³/mol. The molecule has 0 aliphatic rings. The zero-order valence-corrected chi connectivity index (χ0v) is 18.5. The lowest BCUT2D eigenvalue weighted by atomic mass is 9.82. The van der Waals surface area contributed by atoms with Crippen molar-refractivity contribution in [2.45, 2.75) is 53.4 Å². The summed E-state index contributed by atoms with van der Waals surface area (Å²) in [6.45, 7) is 8.02. The summed E-state index contributed by atoms with van der Waals surface area (Å²) in [5.74, 6) is 0.543. The van der Waals surface area contributed by atoms with Gasteiger partial charge in [-0.25, -0.2) is 14.4 Å². The second-order valence-corrected chi connectivity index (χ2v) is 8.46. The molecule has 0 saturated heterocycles. The number of ether oxygens (including phenoxy) is 2. The van der Waals surface area contributed by atoms with Crippen LogP contribution in [0.25, 0.3) is 11.3 Å². The van der Waals surface area contributed by atoms with E-state index in [1.54, 1.807) is 13.3 Å². The van der Waals surface area contributed by atoms with Gasteiger partial charge in [-0.05, 0) is 42.4 Å². The molecule has 3 aromatic rings. The number of halogens is 1. The summed E-state index contributed by atoms with van der Waals surface area (Å²) in [6, 6.07) is 10.3. The van der Waals surface area contributed by atoms with Crippen molar-refractivity contribution >= 4 is 0 Å². The zero-order valence-electron chi connectivity index (χ0n) is 18.5. The molecule has 0 atom stereocenters. The Kier molecular flexibility index (Phi) is 7.77. The molecule has 166 valence electrons. The third-order valence-corrected chi connectivity index (χ3v) is 5.16. The van der Waals surface area contributed by atoms with Gasteiger partial charge in [-0.15, -0.1) is 0 Å². The van der Waals surface area contributed by atoms with Crippen LogP contribution in [0, 0.1) is 12.7 Å². The summed E-state index contributed by atoms with van der Waals surface area (Å²) >= 11 is 0. The highest BCUT2D eigenvalue weighted by Crippen LogP contribution is 2.42. The number of benzene rings is 2. The molecule has 0 unspecified atom stereocenters. The number of methoxy groups -OCH3 is 2. The van der Waals surface area contributed by atoms with Gasteiger partial charge in [-0.2, -0.15) is 0 Å². The van der Waals surface area contributed by atoms with Crippen LogP contribution in [0.4, 0.5) is 4.39 Å². The topological polar surface area (TPSA) is 44.2 Å². The van der Waals surface area contributed by atoms with Gasteiger partial charge in [0.1, 0.15) is 17.3 Å². The molecule has 0 radical (unpaired) electrons. The molecule has 0 aliphatic heterocycles. The maximum absolute atomic E-state index is 15.8. The van der Waals surface area contributed by atoms with Crippen LogP contribution in [0.3, 0.4) is 0 Å². The highest BCUT2D eigenvalue weighted by molar-refractivity contribution is 5.70. The molecule has 0 aliphatic carbocycles. The fourth-order valence-electron chi connectivity index (χ4n) is 3.65. The smallest absolute Gasteiger partial charge is 0.240 e. The van der Waals surface area contributed by atoms with Crippen LogP contribution in [0.15, 0.2) is 42.7 Å². The van der Waals surface area contributed by atoms with Gasteiger partial charge in [0, 0.05) is 23.5 Å². The van der Waals surface area contributed by atoms with E-state index >= 15 is 4.39 Å². The minimum absolute atomic E-state index is 0. The molecule has 3 rings (SSSR count). The van der Waals surface area contributed by atoms with Gasteiger partial charge in [-0.3, -0.25) is 0 Å². The third kappa shape index (κ3) is 5.22. The lowest BCUT2D eigenvalue weighted by Gasteiger charge is -2.26. The summed E-state index contributed by atoms with van der Waals surface area (Å²) in [4.78, 5) is 8.56. The fourth-order valence-corrected chi connectivity index (χ4v) is 3.65. The van der Waals surface area contributed by atoms with Gasteiger partial charge in [0.05, 0.1) is 14.2 Å². The summed E-state index contributed by atoms with van der Waals surface area (Å²) < 4.78 is 26.9. The van der Waals surface area contributed by atoms with E-state index in [0.717, 1.165) is 12.0 Å². The minimum Gasteiger partial charge on any atom is -0.496 e. The second kappa shape index (κ2) is 9.90. The van der Waals surface area contributed by atoms with Crippen molar-refractivity contribution in [1.29, 1.82) is 0 Å². The summed E-state index contributed by atoms with van der Waals surface area (Å²) in [6.07, 6.45) is 4.62. The minimum atomic E-state index is -0.459. The van der Waals surface area contributed by atoms with Crippen LogP contribution in [0.2, 0.25) is 0 Å². The van der Waals surface area contributed by atoms with Crippen LogP contribution in [-0.4, -0.2) is 24.2 Å².